The summed E-state index contributed by atoms with van der Waals surface area (Å²) in [6.45, 7) is 4.63. The van der Waals surface area contributed by atoms with E-state index < -0.39 is 0 Å². The number of carbonyl (C=O) groups excluding carboxylic acids is 1. The maximum Gasteiger partial charge on any atom is 0.287 e. The minimum atomic E-state index is -0.185. The number of hydrogen-bond acceptors (Lipinski definition) is 4. The number of nitrogens with zero attached hydrogens (tertiary/aromatic N) is 1. The number of aryl methyl sites for hydroxylation is 1. The fourth-order valence-electron chi connectivity index (χ4n) is 3.64. The third kappa shape index (κ3) is 3.27. The van der Waals surface area contributed by atoms with E-state index in [2.05, 4.69) is 27.7 Å². The Balaban J connectivity index is 1.54. The maximum absolute atomic E-state index is 12.8. The minimum Gasteiger partial charge on any atom is -0.449 e. The van der Waals surface area contributed by atoms with Crippen LogP contribution in [0.5, 0.6) is 0 Å². The van der Waals surface area contributed by atoms with Gasteiger partial charge in [-0.1, -0.05) is 29.8 Å². The number of thiophene rings is 1. The Bertz CT molecular complexity index is 913. The SMILES string of the molecule is Cc1c(C(=O)NC[C@@H](c2cccs2)N2CCCC2)oc2c(Cl)cccc12. The molecule has 1 saturated heterocycles. The molecular formula is C20H21ClN2O2S. The summed E-state index contributed by atoms with van der Waals surface area (Å²) in [5.41, 5.74) is 1.40. The van der Waals surface area contributed by atoms with Crippen LogP contribution in [-0.4, -0.2) is 30.4 Å². The first-order valence-electron chi connectivity index (χ1n) is 8.88. The zero-order valence-corrected chi connectivity index (χ0v) is 16.2. The highest BCUT2D eigenvalue weighted by Gasteiger charge is 2.26. The number of benzene rings is 1. The molecule has 4 nitrogen and oxygen atoms in total. The van der Waals surface area contributed by atoms with E-state index in [9.17, 15) is 4.79 Å². The van der Waals surface area contributed by atoms with E-state index >= 15 is 0 Å². The van der Waals surface area contributed by atoms with Crippen molar-refractivity contribution in [2.24, 2.45) is 0 Å². The molecule has 136 valence electrons. The van der Waals surface area contributed by atoms with Crippen LogP contribution >= 0.6 is 22.9 Å². The fourth-order valence-corrected chi connectivity index (χ4v) is 4.71. The van der Waals surface area contributed by atoms with Crippen molar-refractivity contribution in [3.63, 3.8) is 0 Å². The van der Waals surface area contributed by atoms with Gasteiger partial charge >= 0.3 is 0 Å². The predicted molar refractivity (Wildman–Crippen MR) is 106 cm³/mol. The Morgan fingerprint density at radius 3 is 2.81 bits per heavy atom. The highest BCUT2D eigenvalue weighted by atomic mass is 35.5. The third-order valence-electron chi connectivity index (χ3n) is 5.03. The van der Waals surface area contributed by atoms with E-state index in [0.29, 0.717) is 22.9 Å². The number of rotatable bonds is 5. The van der Waals surface area contributed by atoms with Crippen LogP contribution in [0.25, 0.3) is 11.0 Å². The molecule has 1 aliphatic rings. The summed E-state index contributed by atoms with van der Waals surface area (Å²) in [5, 5.41) is 6.58. The van der Waals surface area contributed by atoms with Gasteiger partial charge in [-0.15, -0.1) is 11.3 Å². The normalized spacial score (nSPS) is 16.2. The Hall–Kier alpha value is -1.82. The van der Waals surface area contributed by atoms with Crippen molar-refractivity contribution in [3.05, 3.63) is 56.9 Å². The molecule has 26 heavy (non-hydrogen) atoms. The van der Waals surface area contributed by atoms with Gasteiger partial charge < -0.3 is 9.73 Å². The fraction of sp³-hybridized carbons (Fsp3) is 0.350. The summed E-state index contributed by atoms with van der Waals surface area (Å²) in [4.78, 5) is 16.5. The monoisotopic (exact) mass is 388 g/mol. The molecule has 0 unspecified atom stereocenters. The zero-order chi connectivity index (χ0) is 18.1. The predicted octanol–water partition coefficient (Wildman–Crippen LogP) is 5.02. The number of halogens is 1. The summed E-state index contributed by atoms with van der Waals surface area (Å²) < 4.78 is 5.78. The molecule has 1 amide bonds. The summed E-state index contributed by atoms with van der Waals surface area (Å²) >= 11 is 7.94. The number of likely N-dealkylation sites (tertiary alicyclic amines) is 1. The van der Waals surface area contributed by atoms with Crippen LogP contribution in [0.4, 0.5) is 0 Å². The van der Waals surface area contributed by atoms with Crippen molar-refractivity contribution in [1.29, 1.82) is 0 Å². The Labute approximate surface area is 161 Å². The number of fused-ring (bicyclic) bond motifs is 1. The zero-order valence-electron chi connectivity index (χ0n) is 14.6. The molecule has 1 N–H and O–H groups in total. The van der Waals surface area contributed by atoms with Crippen molar-refractivity contribution < 1.29 is 9.21 Å². The molecule has 3 aromatic rings. The first-order valence-corrected chi connectivity index (χ1v) is 10.1. The van der Waals surface area contributed by atoms with E-state index in [1.54, 1.807) is 17.4 Å². The Kier molecular flexibility index (Phi) is 5.02. The molecular weight excluding hydrogens is 368 g/mol. The van der Waals surface area contributed by atoms with Gasteiger partial charge in [0.1, 0.15) is 0 Å². The van der Waals surface area contributed by atoms with Gasteiger partial charge in [0.2, 0.25) is 0 Å². The summed E-state index contributed by atoms with van der Waals surface area (Å²) in [6, 6.07) is 10.00. The molecule has 1 atom stereocenters. The van der Waals surface area contributed by atoms with Gasteiger partial charge in [0, 0.05) is 22.4 Å². The lowest BCUT2D eigenvalue weighted by Gasteiger charge is -2.26. The molecule has 0 spiro atoms. The topological polar surface area (TPSA) is 45.5 Å². The second-order valence-electron chi connectivity index (χ2n) is 6.66. The number of para-hydroxylation sites is 1. The lowest BCUT2D eigenvalue weighted by atomic mass is 10.1. The van der Waals surface area contributed by atoms with Crippen molar-refractivity contribution in [1.82, 2.24) is 10.2 Å². The van der Waals surface area contributed by atoms with Gasteiger partial charge in [-0.25, -0.2) is 0 Å². The van der Waals surface area contributed by atoms with Gasteiger partial charge in [-0.3, -0.25) is 9.69 Å². The molecule has 2 aromatic heterocycles. The average Bonchev–Trinajstić information content (AvgIpc) is 3.38. The van der Waals surface area contributed by atoms with Gasteiger partial charge in [0.15, 0.2) is 11.3 Å². The van der Waals surface area contributed by atoms with E-state index in [1.807, 2.05) is 19.1 Å². The van der Waals surface area contributed by atoms with Crippen LogP contribution in [0, 0.1) is 6.92 Å². The van der Waals surface area contributed by atoms with Gasteiger partial charge in [-0.05, 0) is 50.4 Å². The minimum absolute atomic E-state index is 0.185. The smallest absolute Gasteiger partial charge is 0.287 e. The summed E-state index contributed by atoms with van der Waals surface area (Å²) in [6.07, 6.45) is 2.44. The van der Waals surface area contributed by atoms with E-state index in [0.717, 1.165) is 24.0 Å². The van der Waals surface area contributed by atoms with Gasteiger partial charge in [0.25, 0.3) is 5.91 Å². The van der Waals surface area contributed by atoms with Gasteiger partial charge in [-0.2, -0.15) is 0 Å². The molecule has 0 aliphatic carbocycles. The Morgan fingerprint density at radius 2 is 2.12 bits per heavy atom. The third-order valence-corrected chi connectivity index (χ3v) is 6.30. The number of nitrogens with one attached hydrogen (secondary N) is 1. The number of hydrogen-bond donors (Lipinski definition) is 1. The number of amides is 1. The molecule has 6 heteroatoms. The first kappa shape index (κ1) is 17.6. The lowest BCUT2D eigenvalue weighted by molar-refractivity contribution is 0.0912. The second-order valence-corrected chi connectivity index (χ2v) is 8.04. The van der Waals surface area contributed by atoms with Gasteiger partial charge in [0.05, 0.1) is 11.1 Å². The van der Waals surface area contributed by atoms with Crippen molar-refractivity contribution >= 4 is 39.8 Å². The highest BCUT2D eigenvalue weighted by Crippen LogP contribution is 2.31. The van der Waals surface area contributed by atoms with Crippen molar-refractivity contribution in [3.8, 4) is 0 Å². The van der Waals surface area contributed by atoms with Crippen LogP contribution in [-0.2, 0) is 0 Å². The second kappa shape index (κ2) is 7.43. The molecule has 4 rings (SSSR count). The van der Waals surface area contributed by atoms with Crippen LogP contribution in [0.3, 0.4) is 0 Å². The molecule has 3 heterocycles. The van der Waals surface area contributed by atoms with E-state index in [1.165, 1.54) is 17.7 Å². The summed E-state index contributed by atoms with van der Waals surface area (Å²) in [5.74, 6) is 0.162. The lowest BCUT2D eigenvalue weighted by Crippen LogP contribution is -2.36. The molecule has 1 fully saturated rings. The average molecular weight is 389 g/mol. The molecule has 0 bridgehead atoms. The molecule has 0 radical (unpaired) electrons. The first-order chi connectivity index (χ1) is 12.6. The van der Waals surface area contributed by atoms with E-state index in [4.69, 9.17) is 16.0 Å². The number of furan rings is 1. The maximum atomic E-state index is 12.8. The summed E-state index contributed by atoms with van der Waals surface area (Å²) in [7, 11) is 0. The van der Waals surface area contributed by atoms with Crippen LogP contribution in [0.2, 0.25) is 5.02 Å². The van der Waals surface area contributed by atoms with Crippen molar-refractivity contribution in [2.45, 2.75) is 25.8 Å². The molecule has 0 saturated carbocycles. The van der Waals surface area contributed by atoms with Crippen LogP contribution in [0.15, 0.2) is 40.1 Å². The van der Waals surface area contributed by atoms with E-state index in [-0.39, 0.29) is 11.9 Å². The quantitative estimate of drug-likeness (QED) is 0.667. The van der Waals surface area contributed by atoms with Crippen LogP contribution < -0.4 is 5.32 Å². The molecule has 1 aliphatic heterocycles. The largest absolute Gasteiger partial charge is 0.449 e. The highest BCUT2D eigenvalue weighted by molar-refractivity contribution is 7.10. The standard InChI is InChI=1S/C20H21ClN2O2S/c1-13-14-6-4-7-15(21)19(14)25-18(13)20(24)22-12-16(17-8-5-11-26-17)23-9-2-3-10-23/h4-8,11,16H,2-3,9-10,12H2,1H3,(H,22,24)/t16-/m0/s1. The van der Waals surface area contributed by atoms with Crippen molar-refractivity contribution in [2.75, 3.05) is 19.6 Å². The Morgan fingerprint density at radius 1 is 1.31 bits per heavy atom. The molecule has 1 aromatic carbocycles. The van der Waals surface area contributed by atoms with Crippen LogP contribution in [0.1, 0.15) is 39.9 Å². The number of carbonyl (C=O) groups is 1.